The number of nitrogens with zero attached hydrogens (tertiary/aromatic N) is 1. The van der Waals surface area contributed by atoms with E-state index in [2.05, 4.69) is 37.1 Å². The highest BCUT2D eigenvalue weighted by atomic mass is 32.2. The van der Waals surface area contributed by atoms with Crippen LogP contribution in [-0.4, -0.2) is 47.0 Å². The summed E-state index contributed by atoms with van der Waals surface area (Å²) in [6.07, 6.45) is 9.69. The Balaban J connectivity index is 1.39. The van der Waals surface area contributed by atoms with Gasteiger partial charge in [-0.25, -0.2) is 0 Å². The zero-order valence-electron chi connectivity index (χ0n) is 20.6. The van der Waals surface area contributed by atoms with Crippen molar-refractivity contribution in [2.24, 2.45) is 5.92 Å². The number of benzene rings is 1. The first-order chi connectivity index (χ1) is 16.5. The minimum absolute atomic E-state index is 0.105. The second kappa shape index (κ2) is 13.1. The average Bonchev–Trinajstić information content (AvgIpc) is 3.16. The van der Waals surface area contributed by atoms with Crippen LogP contribution in [0.4, 0.5) is 0 Å². The van der Waals surface area contributed by atoms with Crippen molar-refractivity contribution in [3.63, 3.8) is 0 Å². The zero-order chi connectivity index (χ0) is 24.5. The van der Waals surface area contributed by atoms with Gasteiger partial charge in [-0.2, -0.15) is 0 Å². The van der Waals surface area contributed by atoms with Crippen LogP contribution in [0.1, 0.15) is 81.1 Å². The number of nitrogens with one attached hydrogen (secondary N) is 2. The third-order valence-corrected chi connectivity index (χ3v) is 8.22. The number of carbonyl (C=O) groups is 3. The molecule has 3 rings (SSSR count). The Bertz CT molecular complexity index is 888. The van der Waals surface area contributed by atoms with Crippen LogP contribution < -0.4 is 10.6 Å². The Morgan fingerprint density at radius 3 is 2.76 bits per heavy atom. The van der Waals surface area contributed by atoms with E-state index in [0.717, 1.165) is 35.6 Å². The molecule has 1 aromatic rings. The van der Waals surface area contributed by atoms with E-state index in [-0.39, 0.29) is 24.1 Å². The highest BCUT2D eigenvalue weighted by Gasteiger charge is 2.39. The molecule has 1 saturated heterocycles. The molecule has 0 radical (unpaired) electrons. The van der Waals surface area contributed by atoms with Crippen LogP contribution in [0.2, 0.25) is 0 Å². The Kier molecular flexibility index (Phi) is 10.2. The monoisotopic (exact) mass is 485 g/mol. The van der Waals surface area contributed by atoms with Gasteiger partial charge in [0.15, 0.2) is 0 Å². The number of unbranched alkanes of at least 4 members (excludes halogenated alkanes) is 3. The summed E-state index contributed by atoms with van der Waals surface area (Å²) < 4.78 is 0. The number of carbonyl (C=O) groups excluding carboxylic acids is 3. The number of hydrogen-bond acceptors (Lipinski definition) is 5. The highest BCUT2D eigenvalue weighted by Crippen LogP contribution is 2.34. The number of fused-ring (bicyclic) bond motifs is 1. The van der Waals surface area contributed by atoms with Gasteiger partial charge in [-0.3, -0.25) is 19.7 Å². The zero-order valence-corrected chi connectivity index (χ0v) is 21.4. The van der Waals surface area contributed by atoms with Crippen LogP contribution in [0, 0.1) is 5.92 Å². The minimum Gasteiger partial charge on any atom is -0.322 e. The van der Waals surface area contributed by atoms with Crippen molar-refractivity contribution < 1.29 is 14.4 Å². The molecule has 0 aromatic heterocycles. The molecule has 1 fully saturated rings. The van der Waals surface area contributed by atoms with Crippen LogP contribution in [0.3, 0.4) is 0 Å². The summed E-state index contributed by atoms with van der Waals surface area (Å²) in [4.78, 5) is 39.4. The van der Waals surface area contributed by atoms with Crippen molar-refractivity contribution in [2.75, 3.05) is 12.3 Å². The summed E-state index contributed by atoms with van der Waals surface area (Å²) in [5.74, 6) is 0.960. The standard InChI is InChI=1S/C27H39N3O3S/c1-4-11-20(5-2)19(3)28-16-8-6-7-9-17-34-24-13-10-12-21-22(24)18-30(27(21)33)23-14-15-25(31)29-26(23)32/h4,10,12-13,19-20,23,28H,1,5-9,11,14-18H2,2-3H3,(H,29,31,32). The van der Waals surface area contributed by atoms with Gasteiger partial charge in [0.25, 0.3) is 5.91 Å². The van der Waals surface area contributed by atoms with Crippen molar-refractivity contribution in [3.05, 3.63) is 42.0 Å². The molecule has 186 valence electrons. The van der Waals surface area contributed by atoms with E-state index in [1.807, 2.05) is 18.2 Å². The maximum Gasteiger partial charge on any atom is 0.255 e. The number of piperidine rings is 1. The molecule has 1 aromatic carbocycles. The van der Waals surface area contributed by atoms with E-state index in [4.69, 9.17) is 0 Å². The van der Waals surface area contributed by atoms with Crippen molar-refractivity contribution in [1.29, 1.82) is 0 Å². The highest BCUT2D eigenvalue weighted by molar-refractivity contribution is 7.99. The van der Waals surface area contributed by atoms with Crippen molar-refractivity contribution in [1.82, 2.24) is 15.5 Å². The van der Waals surface area contributed by atoms with Gasteiger partial charge in [0.1, 0.15) is 6.04 Å². The molecule has 2 aliphatic rings. The molecular formula is C27H39N3O3S. The largest absolute Gasteiger partial charge is 0.322 e. The Hall–Kier alpha value is -2.12. The summed E-state index contributed by atoms with van der Waals surface area (Å²) in [5.41, 5.74) is 1.71. The first-order valence-corrected chi connectivity index (χ1v) is 13.7. The minimum atomic E-state index is -0.559. The molecule has 3 unspecified atom stereocenters. The Morgan fingerprint density at radius 1 is 1.24 bits per heavy atom. The molecular weight excluding hydrogens is 446 g/mol. The average molecular weight is 486 g/mol. The predicted molar refractivity (Wildman–Crippen MR) is 138 cm³/mol. The van der Waals surface area contributed by atoms with E-state index in [1.165, 1.54) is 25.7 Å². The summed E-state index contributed by atoms with van der Waals surface area (Å²) in [6, 6.07) is 5.82. The molecule has 34 heavy (non-hydrogen) atoms. The van der Waals surface area contributed by atoms with Crippen LogP contribution in [0.15, 0.2) is 35.7 Å². The molecule has 0 bridgehead atoms. The Morgan fingerprint density at radius 2 is 2.03 bits per heavy atom. The third kappa shape index (κ3) is 6.72. The first-order valence-electron chi connectivity index (χ1n) is 12.7. The lowest BCUT2D eigenvalue weighted by Gasteiger charge is -2.29. The lowest BCUT2D eigenvalue weighted by Crippen LogP contribution is -2.52. The molecule has 0 saturated carbocycles. The van der Waals surface area contributed by atoms with Crippen LogP contribution >= 0.6 is 11.8 Å². The summed E-state index contributed by atoms with van der Waals surface area (Å²) in [7, 11) is 0. The summed E-state index contributed by atoms with van der Waals surface area (Å²) in [6.45, 7) is 9.89. The van der Waals surface area contributed by atoms with Gasteiger partial charge in [0, 0.05) is 29.5 Å². The topological polar surface area (TPSA) is 78.5 Å². The molecule has 2 heterocycles. The molecule has 7 heteroatoms. The van der Waals surface area contributed by atoms with Gasteiger partial charge in [-0.1, -0.05) is 38.3 Å². The number of amides is 3. The van der Waals surface area contributed by atoms with E-state index in [1.54, 1.807) is 16.7 Å². The van der Waals surface area contributed by atoms with Gasteiger partial charge >= 0.3 is 0 Å². The van der Waals surface area contributed by atoms with E-state index < -0.39 is 6.04 Å². The van der Waals surface area contributed by atoms with Crippen LogP contribution in [-0.2, 0) is 16.1 Å². The summed E-state index contributed by atoms with van der Waals surface area (Å²) >= 11 is 1.80. The number of allylic oxidation sites excluding steroid dienone is 1. The van der Waals surface area contributed by atoms with E-state index in [0.29, 0.717) is 30.5 Å². The number of imide groups is 1. The molecule has 6 nitrogen and oxygen atoms in total. The fourth-order valence-corrected chi connectivity index (χ4v) is 5.98. The fourth-order valence-electron chi connectivity index (χ4n) is 4.89. The van der Waals surface area contributed by atoms with E-state index in [9.17, 15) is 14.4 Å². The number of rotatable bonds is 14. The van der Waals surface area contributed by atoms with Gasteiger partial charge in [0.05, 0.1) is 0 Å². The fraction of sp³-hybridized carbons (Fsp3) is 0.593. The van der Waals surface area contributed by atoms with Crippen LogP contribution in [0.25, 0.3) is 0 Å². The molecule has 2 aliphatic heterocycles. The SMILES string of the molecule is C=CCC(CC)C(C)NCCCCCCSc1cccc2c1CN(C1CCC(=O)NC1=O)C2=O. The van der Waals surface area contributed by atoms with Crippen molar-refractivity contribution in [3.8, 4) is 0 Å². The third-order valence-electron chi connectivity index (χ3n) is 7.03. The van der Waals surface area contributed by atoms with Crippen molar-refractivity contribution >= 4 is 29.5 Å². The van der Waals surface area contributed by atoms with Gasteiger partial charge in [0.2, 0.25) is 11.8 Å². The molecule has 3 amide bonds. The number of thioether (sulfide) groups is 1. The summed E-state index contributed by atoms with van der Waals surface area (Å²) in [5, 5.41) is 6.03. The predicted octanol–water partition coefficient (Wildman–Crippen LogP) is 4.68. The molecule has 2 N–H and O–H groups in total. The second-order valence-electron chi connectivity index (χ2n) is 9.38. The normalized spacial score (nSPS) is 19.6. The number of hydrogen-bond donors (Lipinski definition) is 2. The van der Waals surface area contributed by atoms with E-state index >= 15 is 0 Å². The smallest absolute Gasteiger partial charge is 0.255 e. The van der Waals surface area contributed by atoms with Gasteiger partial charge in [-0.15, -0.1) is 18.3 Å². The van der Waals surface area contributed by atoms with Gasteiger partial charge in [-0.05, 0) is 68.5 Å². The molecule has 0 aliphatic carbocycles. The molecule has 3 atom stereocenters. The van der Waals surface area contributed by atoms with Gasteiger partial charge < -0.3 is 10.2 Å². The van der Waals surface area contributed by atoms with Crippen molar-refractivity contribution in [2.45, 2.75) is 88.7 Å². The quantitative estimate of drug-likeness (QED) is 0.173. The first kappa shape index (κ1) is 26.5. The van der Waals surface area contributed by atoms with Crippen LogP contribution in [0.5, 0.6) is 0 Å². The Labute approximate surface area is 208 Å². The second-order valence-corrected chi connectivity index (χ2v) is 10.5. The maximum absolute atomic E-state index is 12.9. The lowest BCUT2D eigenvalue weighted by molar-refractivity contribution is -0.136. The molecule has 0 spiro atoms. The maximum atomic E-state index is 12.9. The lowest BCUT2D eigenvalue weighted by atomic mass is 9.94.